The number of carboxylic acid groups (broad SMARTS) is 1. The summed E-state index contributed by atoms with van der Waals surface area (Å²) in [7, 11) is 0. The molecule has 0 saturated carbocycles. The quantitative estimate of drug-likeness (QED) is 0.894. The highest BCUT2D eigenvalue weighted by Gasteiger charge is 2.30. The lowest BCUT2D eigenvalue weighted by Gasteiger charge is -2.31. The molecule has 1 N–H and O–H groups in total. The molecule has 1 aromatic rings. The van der Waals surface area contributed by atoms with Gasteiger partial charge in [0.2, 0.25) is 0 Å². The first kappa shape index (κ1) is 16.8. The number of rotatable bonds is 5. The zero-order valence-electron chi connectivity index (χ0n) is 13.6. The lowest BCUT2D eigenvalue weighted by atomic mass is 9.97. The summed E-state index contributed by atoms with van der Waals surface area (Å²) >= 11 is 0. The van der Waals surface area contributed by atoms with Gasteiger partial charge in [-0.15, -0.1) is 0 Å². The standard InChI is InChI=1S/C18H23NO5/c20-17(19-9-3-5-13(11-19)18(21)22)15-7-1-2-8-16(15)24-12-14-6-4-10-23-14/h1-2,7-8,13-14H,3-6,9-12H2,(H,21,22). The van der Waals surface area contributed by atoms with E-state index in [4.69, 9.17) is 9.47 Å². The lowest BCUT2D eigenvalue weighted by Crippen LogP contribution is -2.42. The SMILES string of the molecule is O=C(O)C1CCCN(C(=O)c2ccccc2OCC2CCCO2)C1. The zero-order chi connectivity index (χ0) is 16.9. The molecule has 1 aromatic carbocycles. The first-order valence-electron chi connectivity index (χ1n) is 8.50. The normalized spacial score (nSPS) is 23.9. The fraction of sp³-hybridized carbons (Fsp3) is 0.556. The van der Waals surface area contributed by atoms with E-state index in [1.54, 1.807) is 23.1 Å². The van der Waals surface area contributed by atoms with Crippen LogP contribution in [0.2, 0.25) is 0 Å². The maximum absolute atomic E-state index is 12.8. The van der Waals surface area contributed by atoms with E-state index in [1.165, 1.54) is 0 Å². The highest BCUT2D eigenvalue weighted by atomic mass is 16.5. The Bertz CT molecular complexity index is 597. The molecule has 6 heteroatoms. The van der Waals surface area contributed by atoms with Crippen molar-refractivity contribution < 1.29 is 24.2 Å². The van der Waals surface area contributed by atoms with Crippen molar-refractivity contribution in [3.63, 3.8) is 0 Å². The van der Waals surface area contributed by atoms with E-state index in [9.17, 15) is 14.7 Å². The monoisotopic (exact) mass is 333 g/mol. The van der Waals surface area contributed by atoms with Gasteiger partial charge in [-0.3, -0.25) is 9.59 Å². The van der Waals surface area contributed by atoms with Crippen LogP contribution in [0.25, 0.3) is 0 Å². The molecule has 2 fully saturated rings. The summed E-state index contributed by atoms with van der Waals surface area (Å²) in [6.07, 6.45) is 3.43. The number of likely N-dealkylation sites (tertiary alicyclic amines) is 1. The maximum Gasteiger partial charge on any atom is 0.308 e. The largest absolute Gasteiger partial charge is 0.490 e. The molecule has 2 heterocycles. The number of hydrogen-bond acceptors (Lipinski definition) is 4. The van der Waals surface area contributed by atoms with Crippen LogP contribution < -0.4 is 4.74 Å². The summed E-state index contributed by atoms with van der Waals surface area (Å²) < 4.78 is 11.4. The van der Waals surface area contributed by atoms with E-state index in [2.05, 4.69) is 0 Å². The van der Waals surface area contributed by atoms with Gasteiger partial charge in [-0.25, -0.2) is 0 Å². The number of piperidine rings is 1. The van der Waals surface area contributed by atoms with Gasteiger partial charge in [-0.1, -0.05) is 12.1 Å². The van der Waals surface area contributed by atoms with Crippen molar-refractivity contribution in [1.29, 1.82) is 0 Å². The Labute approximate surface area is 141 Å². The summed E-state index contributed by atoms with van der Waals surface area (Å²) in [5.41, 5.74) is 0.488. The van der Waals surface area contributed by atoms with Gasteiger partial charge in [0.05, 0.1) is 17.6 Å². The van der Waals surface area contributed by atoms with Crippen LogP contribution >= 0.6 is 0 Å². The Morgan fingerprint density at radius 3 is 2.83 bits per heavy atom. The average molecular weight is 333 g/mol. The zero-order valence-corrected chi connectivity index (χ0v) is 13.6. The highest BCUT2D eigenvalue weighted by molar-refractivity contribution is 5.97. The van der Waals surface area contributed by atoms with Crippen molar-refractivity contribution in [3.05, 3.63) is 29.8 Å². The topological polar surface area (TPSA) is 76.1 Å². The Balaban J connectivity index is 1.68. The molecule has 0 spiro atoms. The summed E-state index contributed by atoms with van der Waals surface area (Å²) in [5, 5.41) is 9.19. The molecule has 0 aromatic heterocycles. The third-order valence-corrected chi connectivity index (χ3v) is 4.62. The van der Waals surface area contributed by atoms with E-state index in [1.807, 2.05) is 6.07 Å². The van der Waals surface area contributed by atoms with Gasteiger partial charge in [0, 0.05) is 19.7 Å². The van der Waals surface area contributed by atoms with Crippen LogP contribution in [0, 0.1) is 5.92 Å². The van der Waals surface area contributed by atoms with E-state index < -0.39 is 11.9 Å². The predicted molar refractivity (Wildman–Crippen MR) is 87.2 cm³/mol. The van der Waals surface area contributed by atoms with Gasteiger partial charge in [-0.05, 0) is 37.8 Å². The molecule has 2 unspecified atom stereocenters. The minimum atomic E-state index is -0.838. The van der Waals surface area contributed by atoms with Crippen LogP contribution in [0.3, 0.4) is 0 Å². The molecule has 6 nitrogen and oxygen atoms in total. The molecule has 3 rings (SSSR count). The van der Waals surface area contributed by atoms with E-state index in [0.717, 1.165) is 19.4 Å². The molecule has 2 atom stereocenters. The predicted octanol–water partition coefficient (Wildman–Crippen LogP) is 2.18. The summed E-state index contributed by atoms with van der Waals surface area (Å²) in [6.45, 7) is 2.04. The van der Waals surface area contributed by atoms with Gasteiger partial charge in [0.1, 0.15) is 12.4 Å². The number of benzene rings is 1. The van der Waals surface area contributed by atoms with Crippen LogP contribution in [-0.4, -0.2) is 54.3 Å². The molecule has 0 radical (unpaired) electrons. The minimum absolute atomic E-state index is 0.0829. The van der Waals surface area contributed by atoms with Gasteiger partial charge in [0.15, 0.2) is 0 Å². The van der Waals surface area contributed by atoms with Gasteiger partial charge in [0.25, 0.3) is 5.91 Å². The number of hydrogen-bond donors (Lipinski definition) is 1. The second-order valence-electron chi connectivity index (χ2n) is 6.37. The number of para-hydroxylation sites is 1. The molecule has 2 saturated heterocycles. The number of aliphatic carboxylic acids is 1. The molecule has 130 valence electrons. The molecule has 24 heavy (non-hydrogen) atoms. The van der Waals surface area contributed by atoms with Crippen molar-refractivity contribution in [2.24, 2.45) is 5.92 Å². The average Bonchev–Trinajstić information content (AvgIpc) is 3.13. The summed E-state index contributed by atoms with van der Waals surface area (Å²) in [6, 6.07) is 7.14. The second-order valence-corrected chi connectivity index (χ2v) is 6.37. The number of nitrogens with zero attached hydrogens (tertiary/aromatic N) is 1. The first-order valence-corrected chi connectivity index (χ1v) is 8.50. The molecular weight excluding hydrogens is 310 g/mol. The third-order valence-electron chi connectivity index (χ3n) is 4.62. The van der Waals surface area contributed by atoms with Crippen molar-refractivity contribution >= 4 is 11.9 Å². The van der Waals surface area contributed by atoms with E-state index >= 15 is 0 Å². The van der Waals surface area contributed by atoms with Crippen LogP contribution in [0.15, 0.2) is 24.3 Å². The molecule has 0 aliphatic carbocycles. The number of ether oxygens (including phenoxy) is 2. The summed E-state index contributed by atoms with van der Waals surface area (Å²) in [4.78, 5) is 25.6. The minimum Gasteiger partial charge on any atom is -0.490 e. The molecular formula is C18H23NO5. The van der Waals surface area contributed by atoms with Crippen molar-refractivity contribution in [2.75, 3.05) is 26.3 Å². The second kappa shape index (κ2) is 7.66. The van der Waals surface area contributed by atoms with Gasteiger partial charge < -0.3 is 19.5 Å². The van der Waals surface area contributed by atoms with Crippen molar-refractivity contribution in [2.45, 2.75) is 31.8 Å². The third kappa shape index (κ3) is 3.87. The number of amides is 1. The van der Waals surface area contributed by atoms with Crippen LogP contribution in [0.4, 0.5) is 0 Å². The molecule has 2 aliphatic rings. The number of carboxylic acids is 1. The number of carbonyl (C=O) groups is 2. The maximum atomic E-state index is 12.8. The van der Waals surface area contributed by atoms with Crippen molar-refractivity contribution in [3.8, 4) is 5.75 Å². The van der Waals surface area contributed by atoms with Gasteiger partial charge in [-0.2, -0.15) is 0 Å². The Morgan fingerprint density at radius 1 is 1.25 bits per heavy atom. The summed E-state index contributed by atoms with van der Waals surface area (Å²) in [5.74, 6) is -0.947. The smallest absolute Gasteiger partial charge is 0.308 e. The fourth-order valence-corrected chi connectivity index (χ4v) is 3.26. The van der Waals surface area contributed by atoms with Crippen molar-refractivity contribution in [1.82, 2.24) is 4.90 Å². The Hall–Kier alpha value is -2.08. The first-order chi connectivity index (χ1) is 11.6. The highest BCUT2D eigenvalue weighted by Crippen LogP contribution is 2.25. The van der Waals surface area contributed by atoms with E-state index in [0.29, 0.717) is 37.3 Å². The molecule has 1 amide bonds. The Kier molecular flexibility index (Phi) is 5.35. The Morgan fingerprint density at radius 2 is 2.08 bits per heavy atom. The lowest BCUT2D eigenvalue weighted by molar-refractivity contribution is -0.143. The van der Waals surface area contributed by atoms with E-state index in [-0.39, 0.29) is 18.6 Å². The van der Waals surface area contributed by atoms with Crippen LogP contribution in [0.1, 0.15) is 36.0 Å². The van der Waals surface area contributed by atoms with Gasteiger partial charge >= 0.3 is 5.97 Å². The fourth-order valence-electron chi connectivity index (χ4n) is 3.26. The molecule has 0 bridgehead atoms. The van der Waals surface area contributed by atoms with Crippen LogP contribution in [-0.2, 0) is 9.53 Å². The number of carbonyl (C=O) groups excluding carboxylic acids is 1. The van der Waals surface area contributed by atoms with Crippen LogP contribution in [0.5, 0.6) is 5.75 Å². The molecule has 2 aliphatic heterocycles.